The molecule has 0 spiro atoms. The lowest BCUT2D eigenvalue weighted by molar-refractivity contribution is -0.128. The van der Waals surface area contributed by atoms with E-state index in [2.05, 4.69) is 58.0 Å². The molecule has 5 rings (SSSR count). The first-order valence-electron chi connectivity index (χ1n) is 12.7. The maximum Gasteiger partial charge on any atom is 0.415 e. The number of ether oxygens (including phenoxy) is 1. The molecule has 2 aliphatic heterocycles. The van der Waals surface area contributed by atoms with Gasteiger partial charge >= 0.3 is 6.09 Å². The van der Waals surface area contributed by atoms with Gasteiger partial charge in [0.2, 0.25) is 11.9 Å². The Hall–Kier alpha value is -3.46. The summed E-state index contributed by atoms with van der Waals surface area (Å²) in [6, 6.07) is 9.18. The average Bonchev–Trinajstić information content (AvgIpc) is 3.74. The molecular weight excluding hydrogens is 456 g/mol. The molecule has 1 aliphatic carbocycles. The Morgan fingerprint density at radius 1 is 1.19 bits per heavy atom. The fourth-order valence-corrected chi connectivity index (χ4v) is 5.01. The normalized spacial score (nSPS) is 19.8. The number of cyclic esters (lactones) is 1. The highest BCUT2D eigenvalue weighted by atomic mass is 16.6. The standard InChI is InChI=1S/C27H34N6O3/c1-4-24(34)33-13-11-32(12-14-33)23(15-19-5-6-19)21-9-7-20(8-10-21)18(2)29-26-28-16-22-17-36-27(35)31(3)25(22)30-26/h4,7-10,16,18-19,23H,1,5-6,11-15,17H2,2-3H3,(H,28,29,30)/t18-,23?/m0/s1. The molecule has 1 N–H and O–H groups in total. The van der Waals surface area contributed by atoms with Crippen LogP contribution in [0.5, 0.6) is 0 Å². The minimum absolute atomic E-state index is 0.00621. The summed E-state index contributed by atoms with van der Waals surface area (Å²) in [4.78, 5) is 38.6. The zero-order valence-electron chi connectivity index (χ0n) is 21.0. The van der Waals surface area contributed by atoms with Crippen molar-refractivity contribution < 1.29 is 14.3 Å². The number of hydrogen-bond acceptors (Lipinski definition) is 7. The maximum absolute atomic E-state index is 12.0. The summed E-state index contributed by atoms with van der Waals surface area (Å²) in [5.41, 5.74) is 3.25. The number of carbonyl (C=O) groups excluding carboxylic acids is 2. The van der Waals surface area contributed by atoms with E-state index in [0.717, 1.165) is 43.2 Å². The summed E-state index contributed by atoms with van der Waals surface area (Å²) in [6.07, 6.45) is 6.50. The van der Waals surface area contributed by atoms with E-state index in [4.69, 9.17) is 4.74 Å². The van der Waals surface area contributed by atoms with Crippen molar-refractivity contribution in [1.82, 2.24) is 19.8 Å². The number of aromatic nitrogens is 2. The van der Waals surface area contributed by atoms with Crippen LogP contribution in [0.2, 0.25) is 0 Å². The highest BCUT2D eigenvalue weighted by molar-refractivity contribution is 5.88. The molecule has 1 saturated carbocycles. The Labute approximate surface area is 212 Å². The molecule has 1 unspecified atom stereocenters. The molecule has 36 heavy (non-hydrogen) atoms. The molecule has 0 radical (unpaired) electrons. The summed E-state index contributed by atoms with van der Waals surface area (Å²) in [5, 5.41) is 3.36. The van der Waals surface area contributed by atoms with Crippen LogP contribution in [-0.2, 0) is 16.1 Å². The fraction of sp³-hybridized carbons (Fsp3) is 0.481. The van der Waals surface area contributed by atoms with Crippen molar-refractivity contribution in [3.63, 3.8) is 0 Å². The van der Waals surface area contributed by atoms with E-state index >= 15 is 0 Å². The maximum atomic E-state index is 12.0. The van der Waals surface area contributed by atoms with Crippen LogP contribution in [-0.4, -0.2) is 65.0 Å². The van der Waals surface area contributed by atoms with E-state index in [1.54, 1.807) is 13.2 Å². The second-order valence-electron chi connectivity index (χ2n) is 9.95. The molecule has 0 bridgehead atoms. The molecule has 3 heterocycles. The summed E-state index contributed by atoms with van der Waals surface area (Å²) < 4.78 is 5.09. The second kappa shape index (κ2) is 10.3. The van der Waals surface area contributed by atoms with Gasteiger partial charge in [0.25, 0.3) is 0 Å². The Kier molecular flexibility index (Phi) is 6.91. The SMILES string of the molecule is C=CC(=O)N1CCN(C(CC2CC2)c2ccc([C@H](C)Nc3ncc4c(n3)N(C)C(=O)OC4)cc2)CC1. The molecule has 3 aliphatic rings. The van der Waals surface area contributed by atoms with E-state index in [1.807, 2.05) is 4.90 Å². The summed E-state index contributed by atoms with van der Waals surface area (Å²) in [5.74, 6) is 1.88. The molecule has 2 amide bonds. The van der Waals surface area contributed by atoms with Crippen LogP contribution in [0.3, 0.4) is 0 Å². The Morgan fingerprint density at radius 3 is 2.56 bits per heavy atom. The van der Waals surface area contributed by atoms with Crippen molar-refractivity contribution in [3.8, 4) is 0 Å². The highest BCUT2D eigenvalue weighted by Crippen LogP contribution is 2.40. The van der Waals surface area contributed by atoms with Crippen LogP contribution in [0.4, 0.5) is 16.6 Å². The zero-order chi connectivity index (χ0) is 25.2. The molecule has 2 aromatic rings. The smallest absolute Gasteiger partial charge is 0.415 e. The third-order valence-corrected chi connectivity index (χ3v) is 7.45. The number of piperazine rings is 1. The average molecular weight is 491 g/mol. The van der Waals surface area contributed by atoms with Gasteiger partial charge in [0, 0.05) is 45.5 Å². The number of benzene rings is 1. The Morgan fingerprint density at radius 2 is 1.89 bits per heavy atom. The summed E-state index contributed by atoms with van der Waals surface area (Å²) >= 11 is 0. The van der Waals surface area contributed by atoms with Crippen molar-refractivity contribution >= 4 is 23.8 Å². The minimum Gasteiger partial charge on any atom is -0.444 e. The molecule has 2 fully saturated rings. The number of nitrogens with zero attached hydrogens (tertiary/aromatic N) is 5. The lowest BCUT2D eigenvalue weighted by Crippen LogP contribution is -2.49. The van der Waals surface area contributed by atoms with E-state index in [-0.39, 0.29) is 18.6 Å². The minimum atomic E-state index is -0.412. The van der Waals surface area contributed by atoms with E-state index < -0.39 is 6.09 Å². The molecule has 2 atom stereocenters. The molecule has 1 saturated heterocycles. The van der Waals surface area contributed by atoms with Crippen LogP contribution in [0.15, 0.2) is 43.1 Å². The van der Waals surface area contributed by atoms with Crippen molar-refractivity contribution in [3.05, 3.63) is 59.8 Å². The lowest BCUT2D eigenvalue weighted by Gasteiger charge is -2.39. The van der Waals surface area contributed by atoms with Gasteiger partial charge in [-0.3, -0.25) is 14.6 Å². The number of carbonyl (C=O) groups is 2. The molecular formula is C27H34N6O3. The number of rotatable bonds is 8. The van der Waals surface area contributed by atoms with Crippen molar-refractivity contribution in [2.45, 2.75) is 44.9 Å². The van der Waals surface area contributed by atoms with Crippen molar-refractivity contribution in [1.29, 1.82) is 0 Å². The van der Waals surface area contributed by atoms with Crippen molar-refractivity contribution in [2.75, 3.05) is 43.4 Å². The van der Waals surface area contributed by atoms with E-state index in [9.17, 15) is 9.59 Å². The van der Waals surface area contributed by atoms with Gasteiger partial charge in [0.15, 0.2) is 0 Å². The molecule has 9 heteroatoms. The van der Waals surface area contributed by atoms with Gasteiger partial charge in [0.1, 0.15) is 12.4 Å². The van der Waals surface area contributed by atoms with Crippen LogP contribution in [0.25, 0.3) is 0 Å². The van der Waals surface area contributed by atoms with E-state index in [0.29, 0.717) is 17.8 Å². The first kappa shape index (κ1) is 24.2. The predicted molar refractivity (Wildman–Crippen MR) is 138 cm³/mol. The van der Waals surface area contributed by atoms with E-state index in [1.165, 1.54) is 35.8 Å². The van der Waals surface area contributed by atoms with Gasteiger partial charge in [-0.05, 0) is 36.5 Å². The third-order valence-electron chi connectivity index (χ3n) is 7.45. The summed E-state index contributed by atoms with van der Waals surface area (Å²) in [6.45, 7) is 9.15. The number of amides is 2. The summed E-state index contributed by atoms with van der Waals surface area (Å²) in [7, 11) is 1.65. The third kappa shape index (κ3) is 5.21. The number of fused-ring (bicyclic) bond motifs is 1. The Bertz CT molecular complexity index is 1120. The van der Waals surface area contributed by atoms with Gasteiger partial charge < -0.3 is 15.0 Å². The molecule has 1 aromatic carbocycles. The van der Waals surface area contributed by atoms with Crippen LogP contribution in [0, 0.1) is 5.92 Å². The van der Waals surface area contributed by atoms with Gasteiger partial charge in [-0.1, -0.05) is 43.7 Å². The first-order chi connectivity index (χ1) is 17.4. The largest absolute Gasteiger partial charge is 0.444 e. The number of hydrogen-bond donors (Lipinski definition) is 1. The highest BCUT2D eigenvalue weighted by Gasteiger charge is 2.32. The fourth-order valence-electron chi connectivity index (χ4n) is 5.01. The van der Waals surface area contributed by atoms with Gasteiger partial charge in [-0.25, -0.2) is 9.78 Å². The van der Waals surface area contributed by atoms with Crippen molar-refractivity contribution in [2.24, 2.45) is 5.92 Å². The molecule has 9 nitrogen and oxygen atoms in total. The predicted octanol–water partition coefficient (Wildman–Crippen LogP) is 3.91. The Balaban J connectivity index is 1.26. The quantitative estimate of drug-likeness (QED) is 0.561. The molecule has 190 valence electrons. The van der Waals surface area contributed by atoms with Crippen LogP contribution >= 0.6 is 0 Å². The molecule has 1 aromatic heterocycles. The van der Waals surface area contributed by atoms with Gasteiger partial charge in [-0.15, -0.1) is 0 Å². The zero-order valence-corrected chi connectivity index (χ0v) is 21.0. The van der Waals surface area contributed by atoms with Crippen LogP contribution < -0.4 is 10.2 Å². The first-order valence-corrected chi connectivity index (χ1v) is 12.7. The number of anilines is 2. The monoisotopic (exact) mass is 490 g/mol. The lowest BCUT2D eigenvalue weighted by atomic mass is 9.96. The topological polar surface area (TPSA) is 90.9 Å². The van der Waals surface area contributed by atoms with Gasteiger partial charge in [0.05, 0.1) is 11.6 Å². The number of nitrogens with one attached hydrogen (secondary N) is 1. The van der Waals surface area contributed by atoms with Crippen LogP contribution in [0.1, 0.15) is 55.0 Å². The van der Waals surface area contributed by atoms with Gasteiger partial charge in [-0.2, -0.15) is 4.98 Å². The second-order valence-corrected chi connectivity index (χ2v) is 9.95.